The fourth-order valence-corrected chi connectivity index (χ4v) is 2.97. The third kappa shape index (κ3) is 6.03. The quantitative estimate of drug-likeness (QED) is 0.779. The Labute approximate surface area is 129 Å². The number of hydrogen-bond acceptors (Lipinski definition) is 4. The highest BCUT2D eigenvalue weighted by Crippen LogP contribution is 2.21. The monoisotopic (exact) mass is 312 g/mol. The third-order valence-electron chi connectivity index (χ3n) is 3.28. The molecule has 1 fully saturated rings. The smallest absolute Gasteiger partial charge is 0.220 e. The molecule has 0 bridgehead atoms. The summed E-state index contributed by atoms with van der Waals surface area (Å²) < 4.78 is 18.7. The van der Waals surface area contributed by atoms with E-state index in [2.05, 4.69) is 10.2 Å². The van der Waals surface area contributed by atoms with Crippen LogP contribution in [0.4, 0.5) is 4.39 Å². The van der Waals surface area contributed by atoms with Crippen molar-refractivity contribution < 1.29 is 13.9 Å². The summed E-state index contributed by atoms with van der Waals surface area (Å²) in [6.07, 6.45) is 0.405. The predicted octanol–water partition coefficient (Wildman–Crippen LogP) is 1.76. The van der Waals surface area contributed by atoms with Crippen LogP contribution < -0.4 is 5.32 Å². The van der Waals surface area contributed by atoms with Gasteiger partial charge < -0.3 is 10.1 Å². The van der Waals surface area contributed by atoms with E-state index in [-0.39, 0.29) is 11.7 Å². The zero-order valence-electron chi connectivity index (χ0n) is 12.0. The lowest BCUT2D eigenvalue weighted by Gasteiger charge is -2.26. The molecule has 0 atom stereocenters. The van der Waals surface area contributed by atoms with E-state index in [1.807, 2.05) is 0 Å². The van der Waals surface area contributed by atoms with Crippen LogP contribution in [0.3, 0.4) is 0 Å². The number of halogens is 1. The van der Waals surface area contributed by atoms with Crippen molar-refractivity contribution in [3.63, 3.8) is 0 Å². The number of hydrogen-bond donors (Lipinski definition) is 1. The molecule has 116 valence electrons. The summed E-state index contributed by atoms with van der Waals surface area (Å²) >= 11 is 1.37. The molecule has 6 heteroatoms. The van der Waals surface area contributed by atoms with E-state index in [0.29, 0.717) is 23.6 Å². The van der Waals surface area contributed by atoms with Gasteiger partial charge >= 0.3 is 0 Å². The molecule has 1 aromatic rings. The SMILES string of the molecule is O=C(CCSc1ccccc1F)NCCN1CCOCC1. The molecule has 1 amide bonds. The van der Waals surface area contributed by atoms with Gasteiger partial charge in [-0.2, -0.15) is 0 Å². The number of ether oxygens (including phenoxy) is 1. The summed E-state index contributed by atoms with van der Waals surface area (Å²) in [6, 6.07) is 6.63. The van der Waals surface area contributed by atoms with Gasteiger partial charge in [-0.25, -0.2) is 4.39 Å². The second kappa shape index (κ2) is 9.02. The highest BCUT2D eigenvalue weighted by Gasteiger charge is 2.10. The van der Waals surface area contributed by atoms with Gasteiger partial charge in [0.1, 0.15) is 5.82 Å². The molecule has 0 radical (unpaired) electrons. The highest BCUT2D eigenvalue weighted by molar-refractivity contribution is 7.99. The number of thioether (sulfide) groups is 1. The Morgan fingerprint density at radius 3 is 2.86 bits per heavy atom. The zero-order valence-corrected chi connectivity index (χ0v) is 12.8. The van der Waals surface area contributed by atoms with Crippen LogP contribution in [0.5, 0.6) is 0 Å². The maximum Gasteiger partial charge on any atom is 0.220 e. The number of rotatable bonds is 7. The van der Waals surface area contributed by atoms with Crippen LogP contribution in [0.15, 0.2) is 29.2 Å². The Morgan fingerprint density at radius 2 is 2.10 bits per heavy atom. The Balaban J connectivity index is 1.56. The molecule has 0 unspecified atom stereocenters. The zero-order chi connectivity index (χ0) is 14.9. The second-order valence-electron chi connectivity index (χ2n) is 4.83. The van der Waals surface area contributed by atoms with Crippen molar-refractivity contribution in [1.29, 1.82) is 0 Å². The van der Waals surface area contributed by atoms with Crippen LogP contribution in [0, 0.1) is 5.82 Å². The van der Waals surface area contributed by atoms with Crippen molar-refractivity contribution in [1.82, 2.24) is 10.2 Å². The van der Waals surface area contributed by atoms with E-state index in [0.717, 1.165) is 32.8 Å². The van der Waals surface area contributed by atoms with Crippen LogP contribution in [0.1, 0.15) is 6.42 Å². The topological polar surface area (TPSA) is 41.6 Å². The number of nitrogens with one attached hydrogen (secondary N) is 1. The number of nitrogens with zero attached hydrogens (tertiary/aromatic N) is 1. The standard InChI is InChI=1S/C15H21FN2O2S/c16-13-3-1-2-4-14(13)21-12-5-15(19)17-6-7-18-8-10-20-11-9-18/h1-4H,5-12H2,(H,17,19). The van der Waals surface area contributed by atoms with Gasteiger partial charge in [0.05, 0.1) is 13.2 Å². The van der Waals surface area contributed by atoms with Crippen molar-refractivity contribution in [2.75, 3.05) is 45.1 Å². The number of carbonyl (C=O) groups excluding carboxylic acids is 1. The van der Waals surface area contributed by atoms with Crippen molar-refractivity contribution in [2.45, 2.75) is 11.3 Å². The summed E-state index contributed by atoms with van der Waals surface area (Å²) in [5, 5.41) is 2.90. The summed E-state index contributed by atoms with van der Waals surface area (Å²) in [4.78, 5) is 14.6. The maximum absolute atomic E-state index is 13.4. The van der Waals surface area contributed by atoms with Gasteiger partial charge in [-0.05, 0) is 12.1 Å². The van der Waals surface area contributed by atoms with Crippen LogP contribution in [-0.2, 0) is 9.53 Å². The van der Waals surface area contributed by atoms with E-state index in [9.17, 15) is 9.18 Å². The summed E-state index contributed by atoms with van der Waals surface area (Å²) in [6.45, 7) is 4.91. The van der Waals surface area contributed by atoms with Crippen molar-refractivity contribution in [2.24, 2.45) is 0 Å². The van der Waals surface area contributed by atoms with Crippen LogP contribution in [0.2, 0.25) is 0 Å². The predicted molar refractivity (Wildman–Crippen MR) is 82.0 cm³/mol. The lowest BCUT2D eigenvalue weighted by Crippen LogP contribution is -2.41. The Bertz CT molecular complexity index is 453. The Hall–Kier alpha value is -1.11. The normalized spacial score (nSPS) is 15.9. The molecule has 1 saturated heterocycles. The Morgan fingerprint density at radius 1 is 1.33 bits per heavy atom. The van der Waals surface area contributed by atoms with Gasteiger partial charge in [0, 0.05) is 43.2 Å². The molecule has 1 aliphatic rings. The van der Waals surface area contributed by atoms with Crippen molar-refractivity contribution in [3.8, 4) is 0 Å². The molecule has 0 saturated carbocycles. The fraction of sp³-hybridized carbons (Fsp3) is 0.533. The summed E-state index contributed by atoms with van der Waals surface area (Å²) in [7, 11) is 0. The molecule has 21 heavy (non-hydrogen) atoms. The van der Waals surface area contributed by atoms with E-state index >= 15 is 0 Å². The molecule has 0 aromatic heterocycles. The number of carbonyl (C=O) groups is 1. The number of amides is 1. The third-order valence-corrected chi connectivity index (χ3v) is 4.33. The fourth-order valence-electron chi connectivity index (χ4n) is 2.08. The minimum absolute atomic E-state index is 0.0205. The van der Waals surface area contributed by atoms with Gasteiger partial charge in [-0.15, -0.1) is 11.8 Å². The molecular weight excluding hydrogens is 291 g/mol. The minimum atomic E-state index is -0.227. The van der Waals surface area contributed by atoms with Crippen LogP contribution in [0.25, 0.3) is 0 Å². The molecule has 1 aromatic carbocycles. The summed E-state index contributed by atoms with van der Waals surface area (Å²) in [5.74, 6) is 0.381. The van der Waals surface area contributed by atoms with Gasteiger partial charge in [0.25, 0.3) is 0 Å². The first-order valence-corrected chi connectivity index (χ1v) is 8.18. The average molecular weight is 312 g/mol. The van der Waals surface area contributed by atoms with Crippen molar-refractivity contribution in [3.05, 3.63) is 30.1 Å². The molecule has 2 rings (SSSR count). The molecule has 1 N–H and O–H groups in total. The molecule has 1 heterocycles. The number of benzene rings is 1. The Kier molecular flexibility index (Phi) is 6.99. The van der Waals surface area contributed by atoms with Gasteiger partial charge in [0.15, 0.2) is 0 Å². The first kappa shape index (κ1) is 16.3. The maximum atomic E-state index is 13.4. The molecule has 1 aliphatic heterocycles. The molecule has 4 nitrogen and oxygen atoms in total. The first-order valence-electron chi connectivity index (χ1n) is 7.20. The number of morpholine rings is 1. The van der Waals surface area contributed by atoms with E-state index in [1.165, 1.54) is 17.8 Å². The molecule has 0 spiro atoms. The first-order chi connectivity index (χ1) is 10.3. The average Bonchev–Trinajstić information content (AvgIpc) is 2.50. The second-order valence-corrected chi connectivity index (χ2v) is 5.97. The minimum Gasteiger partial charge on any atom is -0.379 e. The summed E-state index contributed by atoms with van der Waals surface area (Å²) in [5.41, 5.74) is 0. The van der Waals surface area contributed by atoms with Crippen LogP contribution >= 0.6 is 11.8 Å². The van der Waals surface area contributed by atoms with E-state index < -0.39 is 0 Å². The molecule has 0 aliphatic carbocycles. The highest BCUT2D eigenvalue weighted by atomic mass is 32.2. The van der Waals surface area contributed by atoms with E-state index in [4.69, 9.17) is 4.74 Å². The van der Waals surface area contributed by atoms with Crippen LogP contribution in [-0.4, -0.2) is 56.0 Å². The molecular formula is C15H21FN2O2S. The largest absolute Gasteiger partial charge is 0.379 e. The van der Waals surface area contributed by atoms with Gasteiger partial charge in [0.2, 0.25) is 5.91 Å². The lowest BCUT2D eigenvalue weighted by atomic mass is 10.3. The van der Waals surface area contributed by atoms with Gasteiger partial charge in [-0.3, -0.25) is 9.69 Å². The van der Waals surface area contributed by atoms with Crippen molar-refractivity contribution >= 4 is 17.7 Å². The lowest BCUT2D eigenvalue weighted by molar-refractivity contribution is -0.120. The van der Waals surface area contributed by atoms with E-state index in [1.54, 1.807) is 18.2 Å². The van der Waals surface area contributed by atoms with Gasteiger partial charge in [-0.1, -0.05) is 12.1 Å².